The van der Waals surface area contributed by atoms with Gasteiger partial charge in [0.2, 0.25) is 5.82 Å². The monoisotopic (exact) mass is 369 g/mol. The standard InChI is InChI=1S/C18H23N7S/c1-4-13(2)26-18-19-9-15(10-20-18)12-25(3)11-14-6-5-7-16(8-14)17-21-23-24-22-17/h5-10,13H,4,11-12H2,1-3H3,(H,21,22,23,24)/t13-/m0/s1. The summed E-state index contributed by atoms with van der Waals surface area (Å²) in [5.74, 6) is 0.609. The SMILES string of the molecule is CC[C@H](C)Sc1ncc(CN(C)Cc2cccc(-c3nn[nH]n3)c2)cn1. The Kier molecular flexibility index (Phi) is 6.30. The van der Waals surface area contributed by atoms with Crippen molar-refractivity contribution in [2.75, 3.05) is 7.05 Å². The van der Waals surface area contributed by atoms with E-state index in [-0.39, 0.29) is 0 Å². The van der Waals surface area contributed by atoms with Gasteiger partial charge in [-0.3, -0.25) is 4.90 Å². The summed E-state index contributed by atoms with van der Waals surface area (Å²) in [5.41, 5.74) is 3.26. The number of hydrogen-bond donors (Lipinski definition) is 1. The number of H-pyrrole nitrogens is 1. The Morgan fingerprint density at radius 2 is 1.92 bits per heavy atom. The van der Waals surface area contributed by atoms with Gasteiger partial charge in [-0.1, -0.05) is 43.8 Å². The van der Waals surface area contributed by atoms with Crippen molar-refractivity contribution in [1.29, 1.82) is 0 Å². The van der Waals surface area contributed by atoms with Crippen LogP contribution in [-0.2, 0) is 13.1 Å². The fourth-order valence-corrected chi connectivity index (χ4v) is 3.27. The second-order valence-electron chi connectivity index (χ2n) is 6.32. The van der Waals surface area contributed by atoms with Crippen molar-refractivity contribution in [1.82, 2.24) is 35.5 Å². The molecule has 8 heteroatoms. The molecule has 26 heavy (non-hydrogen) atoms. The van der Waals surface area contributed by atoms with E-state index in [9.17, 15) is 0 Å². The maximum absolute atomic E-state index is 4.47. The Bertz CT molecular complexity index is 805. The molecule has 0 unspecified atom stereocenters. The minimum atomic E-state index is 0.537. The summed E-state index contributed by atoms with van der Waals surface area (Å²) in [6.07, 6.45) is 4.95. The highest BCUT2D eigenvalue weighted by molar-refractivity contribution is 7.99. The minimum Gasteiger partial charge on any atom is -0.298 e. The summed E-state index contributed by atoms with van der Waals surface area (Å²) in [6, 6.07) is 8.18. The van der Waals surface area contributed by atoms with Crippen LogP contribution in [0.15, 0.2) is 41.8 Å². The maximum Gasteiger partial charge on any atom is 0.204 e. The first kappa shape index (κ1) is 18.5. The molecule has 2 aromatic heterocycles. The fourth-order valence-electron chi connectivity index (χ4n) is 2.52. The van der Waals surface area contributed by atoms with Crippen molar-refractivity contribution in [2.24, 2.45) is 0 Å². The third-order valence-electron chi connectivity index (χ3n) is 4.00. The number of aromatic nitrogens is 6. The molecular weight excluding hydrogens is 346 g/mol. The van der Waals surface area contributed by atoms with Gasteiger partial charge in [0, 0.05) is 41.9 Å². The fraction of sp³-hybridized carbons (Fsp3) is 0.389. The highest BCUT2D eigenvalue weighted by Crippen LogP contribution is 2.21. The Morgan fingerprint density at radius 1 is 1.15 bits per heavy atom. The van der Waals surface area contributed by atoms with Gasteiger partial charge >= 0.3 is 0 Å². The number of thioether (sulfide) groups is 1. The van der Waals surface area contributed by atoms with Crippen LogP contribution >= 0.6 is 11.8 Å². The van der Waals surface area contributed by atoms with Gasteiger partial charge in [0.15, 0.2) is 5.16 Å². The quantitative estimate of drug-likeness (QED) is 0.482. The summed E-state index contributed by atoms with van der Waals surface area (Å²) >= 11 is 1.72. The molecule has 0 saturated carbocycles. The van der Waals surface area contributed by atoms with Gasteiger partial charge in [-0.15, -0.1) is 10.2 Å². The first-order chi connectivity index (χ1) is 12.6. The van der Waals surface area contributed by atoms with E-state index in [1.807, 2.05) is 24.5 Å². The number of nitrogens with one attached hydrogen (secondary N) is 1. The first-order valence-corrected chi connectivity index (χ1v) is 9.51. The molecule has 0 aliphatic heterocycles. The molecule has 3 aromatic rings. The van der Waals surface area contributed by atoms with Crippen LogP contribution in [0.25, 0.3) is 11.4 Å². The smallest absolute Gasteiger partial charge is 0.204 e. The van der Waals surface area contributed by atoms with Crippen LogP contribution in [0.5, 0.6) is 0 Å². The zero-order chi connectivity index (χ0) is 18.4. The first-order valence-electron chi connectivity index (χ1n) is 8.63. The molecule has 2 heterocycles. The van der Waals surface area contributed by atoms with Crippen LogP contribution in [-0.4, -0.2) is 47.8 Å². The normalized spacial score (nSPS) is 12.5. The molecular formula is C18H23N7S. The van der Waals surface area contributed by atoms with Crippen LogP contribution in [0.1, 0.15) is 31.4 Å². The third kappa shape index (κ3) is 5.09. The van der Waals surface area contributed by atoms with Crippen LogP contribution in [0, 0.1) is 0 Å². The maximum atomic E-state index is 4.47. The van der Waals surface area contributed by atoms with E-state index in [2.05, 4.69) is 68.5 Å². The Balaban J connectivity index is 1.59. The summed E-state index contributed by atoms with van der Waals surface area (Å²) in [7, 11) is 2.09. The summed E-state index contributed by atoms with van der Waals surface area (Å²) in [4.78, 5) is 11.2. The number of benzene rings is 1. The zero-order valence-electron chi connectivity index (χ0n) is 15.3. The Morgan fingerprint density at radius 3 is 2.62 bits per heavy atom. The zero-order valence-corrected chi connectivity index (χ0v) is 16.1. The van der Waals surface area contributed by atoms with E-state index in [4.69, 9.17) is 0 Å². The van der Waals surface area contributed by atoms with Crippen molar-refractivity contribution in [3.63, 3.8) is 0 Å². The number of rotatable bonds is 8. The van der Waals surface area contributed by atoms with Gasteiger partial charge in [-0.05, 0) is 30.3 Å². The van der Waals surface area contributed by atoms with Gasteiger partial charge in [-0.2, -0.15) is 5.21 Å². The molecule has 136 valence electrons. The van der Waals surface area contributed by atoms with Crippen LogP contribution in [0.2, 0.25) is 0 Å². The highest BCUT2D eigenvalue weighted by atomic mass is 32.2. The number of hydrogen-bond acceptors (Lipinski definition) is 7. The largest absolute Gasteiger partial charge is 0.298 e. The summed E-state index contributed by atoms with van der Waals surface area (Å²) < 4.78 is 0. The average Bonchev–Trinajstić information content (AvgIpc) is 3.18. The van der Waals surface area contributed by atoms with Gasteiger partial charge in [-0.25, -0.2) is 9.97 Å². The van der Waals surface area contributed by atoms with Crippen LogP contribution in [0.4, 0.5) is 0 Å². The van der Waals surface area contributed by atoms with Gasteiger partial charge < -0.3 is 0 Å². The summed E-state index contributed by atoms with van der Waals surface area (Å²) in [6.45, 7) is 5.98. The molecule has 0 aliphatic rings. The molecule has 0 saturated heterocycles. The van der Waals surface area contributed by atoms with E-state index in [0.717, 1.165) is 35.8 Å². The molecule has 1 N–H and O–H groups in total. The van der Waals surface area contributed by atoms with Crippen molar-refractivity contribution in [3.05, 3.63) is 47.8 Å². The molecule has 0 amide bonds. The summed E-state index contributed by atoms with van der Waals surface area (Å²) in [5, 5.41) is 15.5. The molecule has 0 aliphatic carbocycles. The molecule has 0 radical (unpaired) electrons. The van der Waals surface area contributed by atoms with Gasteiger partial charge in [0.1, 0.15) is 0 Å². The van der Waals surface area contributed by atoms with Crippen molar-refractivity contribution < 1.29 is 0 Å². The molecule has 0 bridgehead atoms. The highest BCUT2D eigenvalue weighted by Gasteiger charge is 2.08. The Labute approximate surface area is 157 Å². The second-order valence-corrected chi connectivity index (χ2v) is 7.72. The number of tetrazole rings is 1. The average molecular weight is 369 g/mol. The van der Waals surface area contributed by atoms with E-state index < -0.39 is 0 Å². The molecule has 0 spiro atoms. The molecule has 1 aromatic carbocycles. The lowest BCUT2D eigenvalue weighted by atomic mass is 10.1. The minimum absolute atomic E-state index is 0.537. The lowest BCUT2D eigenvalue weighted by molar-refractivity contribution is 0.318. The van der Waals surface area contributed by atoms with E-state index >= 15 is 0 Å². The molecule has 7 nitrogen and oxygen atoms in total. The van der Waals surface area contributed by atoms with Gasteiger partial charge in [0.25, 0.3) is 0 Å². The predicted octanol–water partition coefficient (Wildman–Crippen LogP) is 3.18. The van der Waals surface area contributed by atoms with Crippen molar-refractivity contribution in [3.8, 4) is 11.4 Å². The lowest BCUT2D eigenvalue weighted by Gasteiger charge is -2.17. The van der Waals surface area contributed by atoms with Crippen molar-refractivity contribution in [2.45, 2.75) is 43.8 Å². The van der Waals surface area contributed by atoms with Crippen LogP contribution in [0.3, 0.4) is 0 Å². The second kappa shape index (κ2) is 8.86. The molecule has 0 fully saturated rings. The number of nitrogens with zero attached hydrogens (tertiary/aromatic N) is 6. The van der Waals surface area contributed by atoms with E-state index in [1.165, 1.54) is 5.56 Å². The third-order valence-corrected chi connectivity index (χ3v) is 5.16. The van der Waals surface area contributed by atoms with Crippen molar-refractivity contribution >= 4 is 11.8 Å². The van der Waals surface area contributed by atoms with E-state index in [1.54, 1.807) is 11.8 Å². The lowest BCUT2D eigenvalue weighted by Crippen LogP contribution is -2.17. The van der Waals surface area contributed by atoms with Gasteiger partial charge in [0.05, 0.1) is 0 Å². The molecule has 1 atom stereocenters. The molecule has 3 rings (SSSR count). The predicted molar refractivity (Wildman–Crippen MR) is 102 cm³/mol. The Hall–Kier alpha value is -2.32. The van der Waals surface area contributed by atoms with E-state index in [0.29, 0.717) is 11.1 Å². The number of aromatic amines is 1. The van der Waals surface area contributed by atoms with Crippen LogP contribution < -0.4 is 0 Å². The topological polar surface area (TPSA) is 83.5 Å².